The minimum atomic E-state index is -3.23. The minimum absolute atomic E-state index is 0.170. The Bertz CT molecular complexity index is 892. The Morgan fingerprint density at radius 3 is 2.52 bits per heavy atom. The van der Waals surface area contributed by atoms with Crippen LogP contribution in [0.5, 0.6) is 11.5 Å². The number of hydrogen-bond donors (Lipinski definition) is 2. The maximum absolute atomic E-state index is 13.0. The van der Waals surface area contributed by atoms with E-state index in [1.165, 1.54) is 35.8 Å². The fraction of sp³-hybridized carbons (Fsp3) is 0.118. The van der Waals surface area contributed by atoms with Crippen LogP contribution >= 0.6 is 0 Å². The van der Waals surface area contributed by atoms with Crippen molar-refractivity contribution in [1.82, 2.24) is 5.48 Å². The maximum atomic E-state index is 13.0. The molecule has 1 amide bonds. The van der Waals surface area contributed by atoms with E-state index in [2.05, 4.69) is 0 Å². The van der Waals surface area contributed by atoms with Crippen molar-refractivity contribution in [3.63, 3.8) is 0 Å². The summed E-state index contributed by atoms with van der Waals surface area (Å²) in [6.45, 7) is 0. The van der Waals surface area contributed by atoms with Crippen molar-refractivity contribution in [3.05, 3.63) is 65.5 Å². The van der Waals surface area contributed by atoms with Gasteiger partial charge in [0.1, 0.15) is 17.3 Å². The second-order valence-electron chi connectivity index (χ2n) is 5.31. The summed E-state index contributed by atoms with van der Waals surface area (Å²) in [4.78, 5) is 11.2. The van der Waals surface area contributed by atoms with Crippen LogP contribution in [-0.2, 0) is 20.4 Å². The van der Waals surface area contributed by atoms with Gasteiger partial charge < -0.3 is 4.74 Å². The van der Waals surface area contributed by atoms with Gasteiger partial charge in [-0.05, 0) is 48.0 Å². The van der Waals surface area contributed by atoms with E-state index in [4.69, 9.17) is 9.94 Å². The Morgan fingerprint density at radius 2 is 1.92 bits per heavy atom. The predicted molar refractivity (Wildman–Crippen MR) is 90.4 cm³/mol. The zero-order valence-corrected chi connectivity index (χ0v) is 14.1. The van der Waals surface area contributed by atoms with Crippen molar-refractivity contribution in [1.29, 1.82) is 0 Å². The van der Waals surface area contributed by atoms with Gasteiger partial charge in [0.15, 0.2) is 9.84 Å². The lowest BCUT2D eigenvalue weighted by Gasteiger charge is -2.11. The van der Waals surface area contributed by atoms with Crippen LogP contribution in [0, 0.1) is 5.82 Å². The lowest BCUT2D eigenvalue weighted by Crippen LogP contribution is -2.14. The van der Waals surface area contributed by atoms with Gasteiger partial charge in [0.25, 0.3) is 5.91 Å². The molecule has 0 radical (unpaired) electrons. The molecule has 0 heterocycles. The van der Waals surface area contributed by atoms with E-state index in [0.717, 1.165) is 12.3 Å². The number of nitrogens with one attached hydrogen (secondary N) is 1. The number of amides is 1. The second kappa shape index (κ2) is 7.91. The largest absolute Gasteiger partial charge is 0.457 e. The number of rotatable bonds is 6. The Balaban J connectivity index is 2.37. The molecule has 0 saturated heterocycles. The summed E-state index contributed by atoms with van der Waals surface area (Å²) in [5.41, 5.74) is 2.40. The molecule has 0 spiro atoms. The molecule has 0 aliphatic heterocycles. The molecule has 2 aromatic carbocycles. The third-order valence-corrected chi connectivity index (χ3v) is 3.93. The molecule has 0 aliphatic rings. The monoisotopic (exact) mass is 365 g/mol. The topological polar surface area (TPSA) is 92.7 Å². The highest BCUT2D eigenvalue weighted by molar-refractivity contribution is 7.89. The first-order chi connectivity index (χ1) is 11.8. The fourth-order valence-electron chi connectivity index (χ4n) is 2.05. The highest BCUT2D eigenvalue weighted by Gasteiger charge is 2.09. The molecular weight excluding hydrogens is 349 g/mol. The Kier molecular flexibility index (Phi) is 5.89. The lowest BCUT2D eigenvalue weighted by molar-refractivity contribution is -0.124. The average Bonchev–Trinajstić information content (AvgIpc) is 2.55. The SMILES string of the molecule is CS(=O)(=O)Cc1ccc(Oc2ccc(F)cc2)c(/C=C/C(=O)NO)c1. The van der Waals surface area contributed by atoms with Crippen LogP contribution in [-0.4, -0.2) is 25.8 Å². The second-order valence-corrected chi connectivity index (χ2v) is 7.45. The number of hydroxylamine groups is 1. The molecule has 0 aromatic heterocycles. The quantitative estimate of drug-likeness (QED) is 0.466. The molecule has 2 N–H and O–H groups in total. The van der Waals surface area contributed by atoms with Crippen LogP contribution in [0.4, 0.5) is 4.39 Å². The number of carbonyl (C=O) groups excluding carboxylic acids is 1. The molecule has 2 aromatic rings. The van der Waals surface area contributed by atoms with E-state index in [9.17, 15) is 17.6 Å². The first kappa shape index (κ1) is 18.6. The van der Waals surface area contributed by atoms with Gasteiger partial charge in [0.05, 0.1) is 5.75 Å². The van der Waals surface area contributed by atoms with Crippen molar-refractivity contribution in [2.24, 2.45) is 0 Å². The summed E-state index contributed by atoms with van der Waals surface area (Å²) in [5, 5.41) is 8.55. The van der Waals surface area contributed by atoms with Gasteiger partial charge in [-0.25, -0.2) is 18.3 Å². The number of ether oxygens (including phenoxy) is 1. The maximum Gasteiger partial charge on any atom is 0.267 e. The van der Waals surface area contributed by atoms with E-state index in [1.807, 2.05) is 0 Å². The summed E-state index contributed by atoms with van der Waals surface area (Å²) < 4.78 is 41.5. The highest BCUT2D eigenvalue weighted by atomic mass is 32.2. The summed E-state index contributed by atoms with van der Waals surface area (Å²) >= 11 is 0. The summed E-state index contributed by atoms with van der Waals surface area (Å²) in [7, 11) is -3.23. The molecule has 0 fully saturated rings. The van der Waals surface area contributed by atoms with Gasteiger partial charge in [-0.15, -0.1) is 0 Å². The number of carbonyl (C=O) groups is 1. The van der Waals surface area contributed by atoms with E-state index >= 15 is 0 Å². The number of benzene rings is 2. The van der Waals surface area contributed by atoms with Crippen molar-refractivity contribution in [2.45, 2.75) is 5.75 Å². The molecular formula is C17H16FNO5S. The fourth-order valence-corrected chi connectivity index (χ4v) is 2.83. The lowest BCUT2D eigenvalue weighted by atomic mass is 10.1. The van der Waals surface area contributed by atoms with Crippen molar-refractivity contribution in [2.75, 3.05) is 6.26 Å². The van der Waals surface area contributed by atoms with Gasteiger partial charge >= 0.3 is 0 Å². The third-order valence-electron chi connectivity index (χ3n) is 3.07. The summed E-state index contributed by atoms with van der Waals surface area (Å²) in [5.74, 6) is -0.613. The molecule has 0 atom stereocenters. The van der Waals surface area contributed by atoms with Crippen LogP contribution in [0.1, 0.15) is 11.1 Å². The molecule has 132 valence electrons. The van der Waals surface area contributed by atoms with Gasteiger partial charge in [0, 0.05) is 17.9 Å². The van der Waals surface area contributed by atoms with Crippen LogP contribution in [0.15, 0.2) is 48.5 Å². The molecule has 0 unspecified atom stereocenters. The predicted octanol–water partition coefficient (Wildman–Crippen LogP) is 2.68. The number of sulfone groups is 1. The molecule has 25 heavy (non-hydrogen) atoms. The molecule has 8 heteroatoms. The van der Waals surface area contributed by atoms with Crippen LogP contribution < -0.4 is 10.2 Å². The highest BCUT2D eigenvalue weighted by Crippen LogP contribution is 2.28. The standard InChI is InChI=1S/C17H16FNO5S/c1-25(22,23)11-12-2-8-16(13(10-12)3-9-17(20)19-21)24-15-6-4-14(18)5-7-15/h2-10,21H,11H2,1H3,(H,19,20)/b9-3+. The van der Waals surface area contributed by atoms with Crippen LogP contribution in [0.2, 0.25) is 0 Å². The van der Waals surface area contributed by atoms with Gasteiger partial charge in [-0.1, -0.05) is 6.07 Å². The van der Waals surface area contributed by atoms with Crippen molar-refractivity contribution < 1.29 is 27.5 Å². The minimum Gasteiger partial charge on any atom is -0.457 e. The normalized spacial score (nSPS) is 11.5. The van der Waals surface area contributed by atoms with E-state index in [0.29, 0.717) is 22.6 Å². The number of hydrogen-bond acceptors (Lipinski definition) is 5. The Labute approximate surface area is 144 Å². The van der Waals surface area contributed by atoms with Crippen molar-refractivity contribution >= 4 is 21.8 Å². The average molecular weight is 365 g/mol. The number of halogens is 1. The van der Waals surface area contributed by atoms with E-state index in [1.54, 1.807) is 18.2 Å². The van der Waals surface area contributed by atoms with Gasteiger partial charge in [-0.3, -0.25) is 10.0 Å². The van der Waals surface area contributed by atoms with Crippen molar-refractivity contribution in [3.8, 4) is 11.5 Å². The summed E-state index contributed by atoms with van der Waals surface area (Å²) in [6.07, 6.45) is 3.55. The van der Waals surface area contributed by atoms with Crippen LogP contribution in [0.25, 0.3) is 6.08 Å². The molecule has 6 nitrogen and oxygen atoms in total. The molecule has 0 aliphatic carbocycles. The molecule has 2 rings (SSSR count). The van der Waals surface area contributed by atoms with E-state index in [-0.39, 0.29) is 5.75 Å². The molecule has 0 bridgehead atoms. The van der Waals surface area contributed by atoms with Crippen LogP contribution in [0.3, 0.4) is 0 Å². The van der Waals surface area contributed by atoms with E-state index < -0.39 is 21.6 Å². The third kappa shape index (κ3) is 6.02. The first-order valence-electron chi connectivity index (χ1n) is 7.13. The van der Waals surface area contributed by atoms with Gasteiger partial charge in [0.2, 0.25) is 0 Å². The smallest absolute Gasteiger partial charge is 0.267 e. The zero-order valence-electron chi connectivity index (χ0n) is 13.3. The first-order valence-corrected chi connectivity index (χ1v) is 9.19. The van der Waals surface area contributed by atoms with Gasteiger partial charge in [-0.2, -0.15) is 0 Å². The zero-order chi connectivity index (χ0) is 18.4. The Morgan fingerprint density at radius 1 is 1.24 bits per heavy atom. The summed E-state index contributed by atoms with van der Waals surface area (Å²) in [6, 6.07) is 10.1. The molecule has 0 saturated carbocycles. The Hall–Kier alpha value is -2.71.